The van der Waals surface area contributed by atoms with Crippen molar-refractivity contribution in [2.24, 2.45) is 0 Å². The van der Waals surface area contributed by atoms with E-state index in [1.165, 1.54) is 0 Å². The molecule has 2 rings (SSSR count). The number of hydrogen-bond acceptors (Lipinski definition) is 12. The van der Waals surface area contributed by atoms with Gasteiger partial charge < -0.3 is 4.74 Å². The van der Waals surface area contributed by atoms with E-state index in [1.807, 2.05) is 0 Å². The van der Waals surface area contributed by atoms with E-state index in [1.54, 1.807) is 4.98 Å². The molecular formula is C15H17FN2O12. The molecule has 0 radical (unpaired) electrons. The van der Waals surface area contributed by atoms with E-state index in [9.17, 15) is 28.4 Å². The summed E-state index contributed by atoms with van der Waals surface area (Å²) in [7, 11) is 0. The van der Waals surface area contributed by atoms with Gasteiger partial charge in [0.1, 0.15) is 12.7 Å². The van der Waals surface area contributed by atoms with Crippen molar-refractivity contribution in [2.75, 3.05) is 6.61 Å². The second kappa shape index (κ2) is 10.1. The van der Waals surface area contributed by atoms with Crippen LogP contribution in [0.2, 0.25) is 0 Å². The van der Waals surface area contributed by atoms with Crippen LogP contribution in [0.25, 0.3) is 0 Å². The van der Waals surface area contributed by atoms with E-state index in [2.05, 4.69) is 19.6 Å². The van der Waals surface area contributed by atoms with Crippen LogP contribution in [0.15, 0.2) is 15.8 Å². The summed E-state index contributed by atoms with van der Waals surface area (Å²) < 4.78 is 19.8. The minimum Gasteiger partial charge on any atom is -0.346 e. The van der Waals surface area contributed by atoms with Crippen LogP contribution in [0.4, 0.5) is 4.39 Å². The number of hydrogen-bond donors (Lipinski definition) is 1. The van der Waals surface area contributed by atoms with Gasteiger partial charge in [-0.3, -0.25) is 29.0 Å². The maximum absolute atomic E-state index is 13.7. The van der Waals surface area contributed by atoms with Crippen molar-refractivity contribution in [1.82, 2.24) is 9.55 Å². The fourth-order valence-corrected chi connectivity index (χ4v) is 2.37. The van der Waals surface area contributed by atoms with Crippen LogP contribution in [0.3, 0.4) is 0 Å². The first-order valence-electron chi connectivity index (χ1n) is 8.24. The molecule has 1 aliphatic heterocycles. The molecule has 15 heteroatoms. The van der Waals surface area contributed by atoms with E-state index in [0.29, 0.717) is 10.8 Å². The van der Waals surface area contributed by atoms with Gasteiger partial charge in [0.25, 0.3) is 5.56 Å². The Bertz CT molecular complexity index is 912. The molecule has 0 aliphatic carbocycles. The highest BCUT2D eigenvalue weighted by atomic mass is 19.1. The molecule has 0 amide bonds. The molecule has 2 unspecified atom stereocenters. The Labute approximate surface area is 166 Å². The third-order valence-electron chi connectivity index (χ3n) is 3.45. The number of nitrogens with zero attached hydrogens (tertiary/aromatic N) is 1. The van der Waals surface area contributed by atoms with E-state index in [-0.39, 0.29) is 0 Å². The number of nitrogens with one attached hydrogen (secondary N) is 1. The van der Waals surface area contributed by atoms with Gasteiger partial charge in [0.05, 0.1) is 6.20 Å². The summed E-state index contributed by atoms with van der Waals surface area (Å²) in [4.78, 5) is 86.0. The molecule has 0 saturated carbocycles. The van der Waals surface area contributed by atoms with Gasteiger partial charge in [0.2, 0.25) is 5.82 Å². The Kier molecular flexibility index (Phi) is 7.76. The molecule has 1 N–H and O–H groups in total. The zero-order valence-corrected chi connectivity index (χ0v) is 15.8. The molecule has 1 aliphatic rings. The Morgan fingerprint density at radius 1 is 1.03 bits per heavy atom. The van der Waals surface area contributed by atoms with E-state index >= 15 is 0 Å². The average Bonchev–Trinajstić information content (AvgIpc) is 2.98. The van der Waals surface area contributed by atoms with Crippen molar-refractivity contribution in [3.63, 3.8) is 0 Å². The SMILES string of the molecule is CC(=O)OOC[C@@H]1O[C@H](n2cc(F)c(=O)[nH]c2=O)C(OOC(C)=O)C1OOC(C)=O. The molecule has 2 heterocycles. The maximum Gasteiger partial charge on any atom is 0.339 e. The summed E-state index contributed by atoms with van der Waals surface area (Å²) >= 11 is 0. The monoisotopic (exact) mass is 436 g/mol. The lowest BCUT2D eigenvalue weighted by atomic mass is 10.1. The number of carbonyl (C=O) groups excluding carboxylic acids is 3. The predicted molar refractivity (Wildman–Crippen MR) is 86.2 cm³/mol. The number of carbonyl (C=O) groups is 3. The van der Waals surface area contributed by atoms with Crippen LogP contribution in [0.5, 0.6) is 0 Å². The number of aromatic amines is 1. The summed E-state index contributed by atoms with van der Waals surface area (Å²) in [6.45, 7) is 2.55. The molecule has 0 spiro atoms. The second-order valence-electron chi connectivity index (χ2n) is 5.84. The van der Waals surface area contributed by atoms with Gasteiger partial charge in [-0.15, -0.1) is 0 Å². The molecule has 0 bridgehead atoms. The largest absolute Gasteiger partial charge is 0.346 e. The minimum absolute atomic E-state index is 0.522. The highest BCUT2D eigenvalue weighted by Crippen LogP contribution is 2.33. The van der Waals surface area contributed by atoms with Gasteiger partial charge in [-0.2, -0.15) is 19.1 Å². The predicted octanol–water partition coefficient (Wildman–Crippen LogP) is -1.21. The van der Waals surface area contributed by atoms with Crippen molar-refractivity contribution in [1.29, 1.82) is 0 Å². The standard InChI is InChI=1S/C15H17FN2O12/c1-6(19)26-24-5-10-11(29-27-7(2)20)12(30-28-8(3)21)14(25-10)18-4-9(16)13(22)17-15(18)23/h4,10-12,14H,5H2,1-3H3,(H,17,22,23)/t10-,11?,12?,14-/m0/s1. The Balaban J connectivity index is 2.38. The fourth-order valence-electron chi connectivity index (χ4n) is 2.37. The summed E-state index contributed by atoms with van der Waals surface area (Å²) in [6.07, 6.45) is -5.24. The van der Waals surface area contributed by atoms with Crippen molar-refractivity contribution < 1.29 is 52.8 Å². The molecule has 4 atom stereocenters. The van der Waals surface area contributed by atoms with E-state index < -0.39 is 66.1 Å². The quantitative estimate of drug-likeness (QED) is 0.382. The molecule has 0 aromatic carbocycles. The lowest BCUT2D eigenvalue weighted by Gasteiger charge is -2.21. The topological polar surface area (TPSA) is 171 Å². The smallest absolute Gasteiger partial charge is 0.339 e. The Morgan fingerprint density at radius 3 is 2.17 bits per heavy atom. The average molecular weight is 436 g/mol. The Morgan fingerprint density at radius 2 is 1.60 bits per heavy atom. The fraction of sp³-hybridized carbons (Fsp3) is 0.533. The van der Waals surface area contributed by atoms with Gasteiger partial charge in [0, 0.05) is 20.8 Å². The maximum atomic E-state index is 13.7. The van der Waals surface area contributed by atoms with Crippen molar-refractivity contribution in [2.45, 2.75) is 45.3 Å². The number of rotatable bonds is 8. The highest BCUT2D eigenvalue weighted by Gasteiger charge is 2.51. The Hall–Kier alpha value is -3.14. The van der Waals surface area contributed by atoms with Crippen LogP contribution >= 0.6 is 0 Å². The zero-order chi connectivity index (χ0) is 22.4. The normalized spacial score (nSPS) is 23.1. The van der Waals surface area contributed by atoms with Crippen LogP contribution in [0.1, 0.15) is 27.0 Å². The summed E-state index contributed by atoms with van der Waals surface area (Å²) in [5.74, 6) is -3.91. The van der Waals surface area contributed by atoms with Gasteiger partial charge in [-0.05, 0) is 0 Å². The zero-order valence-electron chi connectivity index (χ0n) is 15.8. The van der Waals surface area contributed by atoms with E-state index in [0.717, 1.165) is 20.8 Å². The van der Waals surface area contributed by atoms with Crippen LogP contribution in [0, 0.1) is 5.82 Å². The summed E-state index contributed by atoms with van der Waals surface area (Å²) in [6, 6.07) is 0. The minimum atomic E-state index is -1.56. The second-order valence-corrected chi connectivity index (χ2v) is 5.84. The summed E-state index contributed by atoms with van der Waals surface area (Å²) in [5, 5.41) is 0. The first kappa shape index (κ1) is 23.1. The van der Waals surface area contributed by atoms with Crippen molar-refractivity contribution >= 4 is 17.9 Å². The molecule has 14 nitrogen and oxygen atoms in total. The van der Waals surface area contributed by atoms with Gasteiger partial charge >= 0.3 is 23.6 Å². The van der Waals surface area contributed by atoms with Gasteiger partial charge in [0.15, 0.2) is 18.4 Å². The molecular weight excluding hydrogens is 419 g/mol. The number of ether oxygens (including phenoxy) is 1. The summed E-state index contributed by atoms with van der Waals surface area (Å²) in [5.41, 5.74) is -2.38. The molecule has 1 fully saturated rings. The first-order valence-corrected chi connectivity index (χ1v) is 8.24. The third kappa shape index (κ3) is 5.93. The third-order valence-corrected chi connectivity index (χ3v) is 3.45. The molecule has 1 saturated heterocycles. The number of halogens is 1. The highest BCUT2D eigenvalue weighted by molar-refractivity contribution is 5.65. The van der Waals surface area contributed by atoms with Crippen LogP contribution < -0.4 is 11.2 Å². The molecule has 1 aromatic rings. The molecule has 166 valence electrons. The lowest BCUT2D eigenvalue weighted by molar-refractivity contribution is -0.361. The number of aromatic nitrogens is 2. The lowest BCUT2D eigenvalue weighted by Crippen LogP contribution is -2.42. The van der Waals surface area contributed by atoms with Crippen LogP contribution in [-0.2, 0) is 48.4 Å². The van der Waals surface area contributed by atoms with Crippen molar-refractivity contribution in [3.05, 3.63) is 32.9 Å². The number of H-pyrrole nitrogens is 1. The first-order chi connectivity index (χ1) is 14.1. The molecule has 1 aromatic heterocycles. The van der Waals surface area contributed by atoms with E-state index in [4.69, 9.17) is 14.5 Å². The van der Waals surface area contributed by atoms with Crippen molar-refractivity contribution in [3.8, 4) is 0 Å². The molecule has 30 heavy (non-hydrogen) atoms. The van der Waals surface area contributed by atoms with Crippen LogP contribution in [-0.4, -0.2) is 52.4 Å². The van der Waals surface area contributed by atoms with Gasteiger partial charge in [-0.1, -0.05) is 0 Å². The van der Waals surface area contributed by atoms with Gasteiger partial charge in [-0.25, -0.2) is 19.2 Å².